The van der Waals surface area contributed by atoms with Gasteiger partial charge in [0.2, 0.25) is 0 Å². The zero-order chi connectivity index (χ0) is 10.6. The number of ether oxygens (including phenoxy) is 2. The molecule has 8 nitrogen and oxygen atoms in total. The van der Waals surface area contributed by atoms with E-state index in [1.165, 1.54) is 13.8 Å². The van der Waals surface area contributed by atoms with Gasteiger partial charge in [-0.3, -0.25) is 9.59 Å². The SMILES string of the molecule is CC(=O)Oc1nnc(OC(C)=O)nn1. The van der Waals surface area contributed by atoms with E-state index < -0.39 is 11.9 Å². The summed E-state index contributed by atoms with van der Waals surface area (Å²) in [6.45, 7) is 2.37. The lowest BCUT2D eigenvalue weighted by molar-refractivity contribution is -0.134. The van der Waals surface area contributed by atoms with Gasteiger partial charge in [0.25, 0.3) is 0 Å². The number of hydrogen-bond acceptors (Lipinski definition) is 8. The summed E-state index contributed by atoms with van der Waals surface area (Å²) >= 11 is 0. The van der Waals surface area contributed by atoms with Crippen LogP contribution in [0.3, 0.4) is 0 Å². The van der Waals surface area contributed by atoms with Gasteiger partial charge in [0.1, 0.15) is 0 Å². The highest BCUT2D eigenvalue weighted by atomic mass is 16.6. The van der Waals surface area contributed by atoms with E-state index in [2.05, 4.69) is 29.9 Å². The smallest absolute Gasteiger partial charge is 0.363 e. The molecule has 0 amide bonds. The fourth-order valence-corrected chi connectivity index (χ4v) is 0.550. The largest absolute Gasteiger partial charge is 0.389 e. The minimum Gasteiger partial charge on any atom is -0.389 e. The van der Waals surface area contributed by atoms with Gasteiger partial charge >= 0.3 is 24.0 Å². The second kappa shape index (κ2) is 4.21. The Morgan fingerprint density at radius 3 is 1.36 bits per heavy atom. The molecule has 1 heterocycles. The molecule has 0 N–H and O–H groups in total. The Balaban J connectivity index is 2.68. The Kier molecular flexibility index (Phi) is 3.00. The van der Waals surface area contributed by atoms with E-state index in [0.717, 1.165) is 0 Å². The molecule has 0 atom stereocenters. The van der Waals surface area contributed by atoms with Crippen LogP contribution in [0.5, 0.6) is 12.0 Å². The van der Waals surface area contributed by atoms with Crippen LogP contribution < -0.4 is 9.47 Å². The quantitative estimate of drug-likeness (QED) is 0.564. The number of hydrogen-bond donors (Lipinski definition) is 0. The van der Waals surface area contributed by atoms with Gasteiger partial charge in [-0.05, 0) is 0 Å². The first kappa shape index (κ1) is 9.96. The first-order valence-electron chi connectivity index (χ1n) is 3.52. The molecule has 14 heavy (non-hydrogen) atoms. The lowest BCUT2D eigenvalue weighted by Gasteiger charge is -1.97. The highest BCUT2D eigenvalue weighted by Crippen LogP contribution is 2.01. The van der Waals surface area contributed by atoms with E-state index in [-0.39, 0.29) is 12.0 Å². The van der Waals surface area contributed by atoms with Crippen molar-refractivity contribution in [2.75, 3.05) is 0 Å². The number of rotatable bonds is 2. The van der Waals surface area contributed by atoms with Crippen molar-refractivity contribution >= 4 is 11.9 Å². The molecule has 8 heteroatoms. The summed E-state index contributed by atoms with van der Waals surface area (Å²) in [6, 6.07) is -0.596. The second-order valence-corrected chi connectivity index (χ2v) is 2.15. The van der Waals surface area contributed by atoms with E-state index in [4.69, 9.17) is 0 Å². The van der Waals surface area contributed by atoms with Gasteiger partial charge in [-0.25, -0.2) is 0 Å². The molecule has 0 aliphatic rings. The summed E-state index contributed by atoms with van der Waals surface area (Å²) < 4.78 is 8.90. The van der Waals surface area contributed by atoms with E-state index in [0.29, 0.717) is 0 Å². The third kappa shape index (κ3) is 3.09. The number of carbonyl (C=O) groups is 2. The Bertz CT molecular complexity index is 314. The zero-order valence-corrected chi connectivity index (χ0v) is 7.42. The average molecular weight is 198 g/mol. The number of esters is 2. The predicted molar refractivity (Wildman–Crippen MR) is 40.2 cm³/mol. The molecule has 0 radical (unpaired) electrons. The van der Waals surface area contributed by atoms with Gasteiger partial charge < -0.3 is 9.47 Å². The molecule has 0 aromatic carbocycles. The lowest BCUT2D eigenvalue weighted by Crippen LogP contribution is -2.10. The maximum absolute atomic E-state index is 10.4. The maximum atomic E-state index is 10.4. The topological polar surface area (TPSA) is 104 Å². The van der Waals surface area contributed by atoms with Crippen molar-refractivity contribution < 1.29 is 19.1 Å². The first-order valence-corrected chi connectivity index (χ1v) is 3.52. The van der Waals surface area contributed by atoms with Gasteiger partial charge in [0.05, 0.1) is 0 Å². The first-order chi connectivity index (χ1) is 6.58. The van der Waals surface area contributed by atoms with Crippen molar-refractivity contribution in [2.45, 2.75) is 13.8 Å². The highest BCUT2D eigenvalue weighted by molar-refractivity contribution is 5.68. The van der Waals surface area contributed by atoms with Crippen molar-refractivity contribution in [3.05, 3.63) is 0 Å². The van der Waals surface area contributed by atoms with E-state index in [1.807, 2.05) is 0 Å². The van der Waals surface area contributed by atoms with Gasteiger partial charge in [-0.2, -0.15) is 0 Å². The van der Waals surface area contributed by atoms with Crippen molar-refractivity contribution in [2.24, 2.45) is 0 Å². The molecule has 0 aliphatic carbocycles. The molecule has 74 valence electrons. The highest BCUT2D eigenvalue weighted by Gasteiger charge is 2.06. The van der Waals surface area contributed by atoms with Gasteiger partial charge in [0.15, 0.2) is 0 Å². The molecule has 1 aromatic rings. The standard InChI is InChI=1S/C6H6N4O4/c1-3(11)13-5-7-9-6(10-8-5)14-4(2)12/h1-2H3. The van der Waals surface area contributed by atoms with Crippen LogP contribution in [0.1, 0.15) is 13.8 Å². The van der Waals surface area contributed by atoms with Crippen molar-refractivity contribution in [1.29, 1.82) is 0 Å². The normalized spacial score (nSPS) is 9.29. The molecule has 0 saturated heterocycles. The fraction of sp³-hybridized carbons (Fsp3) is 0.333. The van der Waals surface area contributed by atoms with Crippen molar-refractivity contribution in [1.82, 2.24) is 20.4 Å². The van der Waals surface area contributed by atoms with Gasteiger partial charge in [-0.1, -0.05) is 20.4 Å². The van der Waals surface area contributed by atoms with Crippen LogP contribution in [0.2, 0.25) is 0 Å². The minimum atomic E-state index is -0.589. The molecule has 1 rings (SSSR count). The second-order valence-electron chi connectivity index (χ2n) is 2.15. The third-order valence-corrected chi connectivity index (χ3v) is 0.912. The van der Waals surface area contributed by atoms with Gasteiger partial charge in [-0.15, -0.1) is 0 Å². The fourth-order valence-electron chi connectivity index (χ4n) is 0.550. The molecule has 0 spiro atoms. The Morgan fingerprint density at radius 2 is 1.14 bits per heavy atom. The summed E-state index contributed by atoms with van der Waals surface area (Å²) in [5.74, 6) is -1.18. The number of aromatic nitrogens is 4. The number of carbonyl (C=O) groups excluding carboxylic acids is 2. The summed E-state index contributed by atoms with van der Waals surface area (Å²) in [6.07, 6.45) is 0. The minimum absolute atomic E-state index is 0.298. The van der Waals surface area contributed by atoms with E-state index >= 15 is 0 Å². The Labute approximate surface area is 78.3 Å². The monoisotopic (exact) mass is 198 g/mol. The van der Waals surface area contributed by atoms with Crippen LogP contribution in [0.4, 0.5) is 0 Å². The Morgan fingerprint density at radius 1 is 0.857 bits per heavy atom. The zero-order valence-electron chi connectivity index (χ0n) is 7.42. The molecule has 1 aromatic heterocycles. The molecule has 0 fully saturated rings. The predicted octanol–water partition coefficient (Wildman–Crippen LogP) is -0.883. The van der Waals surface area contributed by atoms with Crippen LogP contribution in [-0.4, -0.2) is 32.3 Å². The lowest BCUT2D eigenvalue weighted by atomic mass is 10.8. The van der Waals surface area contributed by atoms with E-state index in [1.54, 1.807) is 0 Å². The van der Waals surface area contributed by atoms with Crippen LogP contribution in [0, 0.1) is 0 Å². The van der Waals surface area contributed by atoms with Crippen molar-refractivity contribution in [3.63, 3.8) is 0 Å². The molecular formula is C6H6N4O4. The summed E-state index contributed by atoms with van der Waals surface area (Å²) in [5, 5.41) is 13.3. The summed E-state index contributed by atoms with van der Waals surface area (Å²) in [5.41, 5.74) is 0. The van der Waals surface area contributed by atoms with Crippen LogP contribution >= 0.6 is 0 Å². The average Bonchev–Trinajstić information content (AvgIpc) is 2.06. The third-order valence-electron chi connectivity index (χ3n) is 0.912. The summed E-state index contributed by atoms with van der Waals surface area (Å²) in [7, 11) is 0. The molecule has 0 aliphatic heterocycles. The molecule has 0 bridgehead atoms. The van der Waals surface area contributed by atoms with Crippen LogP contribution in [0.15, 0.2) is 0 Å². The number of nitrogens with zero attached hydrogens (tertiary/aromatic N) is 4. The van der Waals surface area contributed by atoms with Crippen LogP contribution in [-0.2, 0) is 9.59 Å². The summed E-state index contributed by atoms with van der Waals surface area (Å²) in [4.78, 5) is 20.9. The Hall–Kier alpha value is -2.12. The maximum Gasteiger partial charge on any atom is 0.363 e. The van der Waals surface area contributed by atoms with Gasteiger partial charge in [0, 0.05) is 13.8 Å². The molecule has 0 unspecified atom stereocenters. The van der Waals surface area contributed by atoms with Crippen LogP contribution in [0.25, 0.3) is 0 Å². The molecule has 0 saturated carbocycles. The van der Waals surface area contributed by atoms with Crippen molar-refractivity contribution in [3.8, 4) is 12.0 Å². The van der Waals surface area contributed by atoms with E-state index in [9.17, 15) is 9.59 Å². The molecular weight excluding hydrogens is 192 g/mol.